The largest absolute Gasteiger partial charge is 0.462 e. The summed E-state index contributed by atoms with van der Waals surface area (Å²) >= 11 is 0. The molecule has 3 fully saturated rings. The topological polar surface area (TPSA) is 176 Å². The van der Waals surface area contributed by atoms with Crippen molar-refractivity contribution in [1.29, 1.82) is 0 Å². The summed E-state index contributed by atoms with van der Waals surface area (Å²) in [5, 5.41) is 46.7. The molecule has 0 bridgehead atoms. The van der Waals surface area contributed by atoms with E-state index in [0.29, 0.717) is 5.56 Å². The van der Waals surface area contributed by atoms with E-state index in [1.807, 2.05) is 30.3 Å². The first kappa shape index (κ1) is 30.0. The van der Waals surface area contributed by atoms with Crippen molar-refractivity contribution in [3.63, 3.8) is 0 Å². The molecule has 0 unspecified atom stereocenters. The number of fused-ring (bicyclic) bond motifs is 1. The number of amides is 2. The highest BCUT2D eigenvalue weighted by molar-refractivity contribution is 5.97. The summed E-state index contributed by atoms with van der Waals surface area (Å²) in [5.41, 5.74) is 1.33. The molecule has 2 amide bonds. The van der Waals surface area contributed by atoms with Crippen molar-refractivity contribution in [3.8, 4) is 5.75 Å². The van der Waals surface area contributed by atoms with Gasteiger partial charge in [-0.05, 0) is 36.3 Å². The van der Waals surface area contributed by atoms with Crippen molar-refractivity contribution in [2.24, 2.45) is 0 Å². The first-order valence-corrected chi connectivity index (χ1v) is 13.5. The van der Waals surface area contributed by atoms with Crippen molar-refractivity contribution >= 4 is 17.9 Å². The lowest BCUT2D eigenvalue weighted by atomic mass is 9.83. The number of aliphatic hydroxyl groups is 4. The van der Waals surface area contributed by atoms with Crippen molar-refractivity contribution in [2.45, 2.75) is 74.9 Å². The van der Waals surface area contributed by atoms with Gasteiger partial charge >= 0.3 is 0 Å². The van der Waals surface area contributed by atoms with Gasteiger partial charge in [0.15, 0.2) is 17.7 Å². The van der Waals surface area contributed by atoms with E-state index < -0.39 is 72.7 Å². The van der Waals surface area contributed by atoms with Crippen LogP contribution in [-0.4, -0.2) is 94.1 Å². The predicted molar refractivity (Wildman–Crippen MR) is 143 cm³/mol. The zero-order valence-electron chi connectivity index (χ0n) is 22.6. The maximum Gasteiger partial charge on any atom is 0.252 e. The molecule has 6 N–H and O–H groups in total. The highest BCUT2D eigenvalue weighted by Crippen LogP contribution is 2.31. The zero-order valence-corrected chi connectivity index (χ0v) is 22.6. The SMILES string of the molecule is CC(=Cc1ccc(O[C@H]2C[C@H](O)[C@@H](C(=O)NCc3ccccc3)O2)c(F)c1)C(=O)N[C@@H]1[C@H](O)[C@@H](O)[C@H]2OCO[C@H]2[C@@H]1O. The molecule has 2 aromatic rings. The summed E-state index contributed by atoms with van der Waals surface area (Å²) in [6.45, 7) is 1.57. The number of carbonyl (C=O) groups is 2. The van der Waals surface area contributed by atoms with Crippen LogP contribution in [-0.2, 0) is 30.3 Å². The molecule has 42 heavy (non-hydrogen) atoms. The van der Waals surface area contributed by atoms with Crippen molar-refractivity contribution in [3.05, 3.63) is 71.0 Å². The highest BCUT2D eigenvalue weighted by Gasteiger charge is 2.53. The second-order valence-corrected chi connectivity index (χ2v) is 10.5. The van der Waals surface area contributed by atoms with Crippen molar-refractivity contribution in [2.75, 3.05) is 6.79 Å². The van der Waals surface area contributed by atoms with Crippen molar-refractivity contribution in [1.82, 2.24) is 10.6 Å². The Morgan fingerprint density at radius 2 is 1.74 bits per heavy atom. The predicted octanol–water partition coefficient (Wildman–Crippen LogP) is -0.277. The van der Waals surface area contributed by atoms with Gasteiger partial charge in [-0.3, -0.25) is 9.59 Å². The zero-order chi connectivity index (χ0) is 30.0. The first-order valence-electron chi connectivity index (χ1n) is 13.5. The third kappa shape index (κ3) is 6.47. The highest BCUT2D eigenvalue weighted by atomic mass is 19.1. The molecule has 5 rings (SSSR count). The molecule has 12 nitrogen and oxygen atoms in total. The van der Waals surface area contributed by atoms with Gasteiger partial charge < -0.3 is 50.0 Å². The number of aliphatic hydroxyl groups excluding tert-OH is 4. The van der Waals surface area contributed by atoms with E-state index in [1.54, 1.807) is 0 Å². The number of hydrogen-bond donors (Lipinski definition) is 6. The van der Waals surface area contributed by atoms with Crippen LogP contribution in [0.1, 0.15) is 24.5 Å². The molecular formula is C29H33FN2O10. The molecule has 9 atom stereocenters. The molecule has 0 aromatic heterocycles. The van der Waals surface area contributed by atoms with Crippen LogP contribution in [0, 0.1) is 5.82 Å². The monoisotopic (exact) mass is 588 g/mol. The first-order chi connectivity index (χ1) is 20.1. The van der Waals surface area contributed by atoms with Crippen LogP contribution in [0.25, 0.3) is 6.08 Å². The third-order valence-corrected chi connectivity index (χ3v) is 7.51. The van der Waals surface area contributed by atoms with Gasteiger partial charge in [-0.2, -0.15) is 0 Å². The average molecular weight is 589 g/mol. The third-order valence-electron chi connectivity index (χ3n) is 7.51. The number of halogens is 1. The molecule has 2 aromatic carbocycles. The van der Waals surface area contributed by atoms with E-state index in [9.17, 15) is 34.4 Å². The van der Waals surface area contributed by atoms with Gasteiger partial charge in [0.1, 0.15) is 37.3 Å². The van der Waals surface area contributed by atoms with Gasteiger partial charge in [-0.25, -0.2) is 4.39 Å². The quantitative estimate of drug-likeness (QED) is 0.225. The van der Waals surface area contributed by atoms with Crippen LogP contribution < -0.4 is 15.4 Å². The van der Waals surface area contributed by atoms with E-state index in [4.69, 9.17) is 18.9 Å². The van der Waals surface area contributed by atoms with Crippen molar-refractivity contribution < 1.29 is 53.4 Å². The average Bonchev–Trinajstić information content (AvgIpc) is 3.62. The maximum atomic E-state index is 14.9. The minimum atomic E-state index is -1.50. The lowest BCUT2D eigenvalue weighted by Gasteiger charge is -2.41. The summed E-state index contributed by atoms with van der Waals surface area (Å²) in [5.74, 6) is -2.11. The molecule has 1 saturated carbocycles. The van der Waals surface area contributed by atoms with Gasteiger partial charge in [0.25, 0.3) is 5.91 Å². The van der Waals surface area contributed by atoms with Gasteiger partial charge in [0.2, 0.25) is 12.2 Å². The summed E-state index contributed by atoms with van der Waals surface area (Å²) in [6, 6.07) is 12.0. The number of benzene rings is 2. The van der Waals surface area contributed by atoms with E-state index in [0.717, 1.165) is 11.6 Å². The smallest absolute Gasteiger partial charge is 0.252 e. The van der Waals surface area contributed by atoms with Crippen LogP contribution in [0.2, 0.25) is 0 Å². The van der Waals surface area contributed by atoms with Crippen LogP contribution in [0.3, 0.4) is 0 Å². The Hall–Kier alpha value is -3.43. The number of hydrogen-bond acceptors (Lipinski definition) is 10. The molecular weight excluding hydrogens is 555 g/mol. The molecule has 2 heterocycles. The second kappa shape index (κ2) is 12.8. The summed E-state index contributed by atoms with van der Waals surface area (Å²) in [6.07, 6.45) is -8.06. The Kier molecular flexibility index (Phi) is 9.18. The van der Waals surface area contributed by atoms with Gasteiger partial charge in [0.05, 0.1) is 12.1 Å². The van der Waals surface area contributed by atoms with Crippen LogP contribution in [0.15, 0.2) is 54.1 Å². The summed E-state index contributed by atoms with van der Waals surface area (Å²) in [4.78, 5) is 25.3. The number of ether oxygens (including phenoxy) is 4. The fourth-order valence-electron chi connectivity index (χ4n) is 5.21. The lowest BCUT2D eigenvalue weighted by Crippen LogP contribution is -2.67. The fourth-order valence-corrected chi connectivity index (χ4v) is 5.21. The second-order valence-electron chi connectivity index (χ2n) is 10.5. The normalized spacial score (nSPS) is 32.7. The number of carbonyl (C=O) groups excluding carboxylic acids is 2. The summed E-state index contributed by atoms with van der Waals surface area (Å²) < 4.78 is 36.5. The molecule has 3 aliphatic rings. The Morgan fingerprint density at radius 3 is 2.45 bits per heavy atom. The van der Waals surface area contributed by atoms with Gasteiger partial charge in [-0.1, -0.05) is 36.4 Å². The van der Waals surface area contributed by atoms with E-state index in [2.05, 4.69) is 10.6 Å². The van der Waals surface area contributed by atoms with Crippen LogP contribution in [0.5, 0.6) is 5.75 Å². The van der Waals surface area contributed by atoms with E-state index in [-0.39, 0.29) is 31.1 Å². The number of nitrogens with one attached hydrogen (secondary N) is 2. The standard InChI is InChI=1S/C29H33FN2O10/c1-14(28(37)32-21-22(34)24(36)27-26(23(21)35)39-13-40-27)9-16-7-8-19(17(30)10-16)41-20-11-18(33)25(42-20)29(38)31-12-15-5-3-2-4-6-15/h2-10,18,20-27,33-36H,11-13H2,1H3,(H,31,38)(H,32,37)/t18-,20+,21+,22-,23+,24+,25-,26-,27+/m0/s1. The molecule has 13 heteroatoms. The Bertz CT molecular complexity index is 1310. The Balaban J connectivity index is 1.16. The molecule has 2 aliphatic heterocycles. The molecule has 1 aliphatic carbocycles. The van der Waals surface area contributed by atoms with Crippen LogP contribution in [0.4, 0.5) is 4.39 Å². The van der Waals surface area contributed by atoms with Crippen LogP contribution >= 0.6 is 0 Å². The van der Waals surface area contributed by atoms with Gasteiger partial charge in [-0.15, -0.1) is 0 Å². The minimum absolute atomic E-state index is 0.0455. The fraction of sp³-hybridized carbons (Fsp3) is 0.448. The molecule has 226 valence electrons. The Morgan fingerprint density at radius 1 is 1.02 bits per heavy atom. The Labute approximate surface area is 240 Å². The maximum absolute atomic E-state index is 14.9. The number of rotatable bonds is 8. The van der Waals surface area contributed by atoms with E-state index in [1.165, 1.54) is 25.1 Å². The molecule has 0 spiro atoms. The lowest BCUT2D eigenvalue weighted by molar-refractivity contribution is -0.155. The van der Waals surface area contributed by atoms with E-state index >= 15 is 0 Å². The molecule has 2 saturated heterocycles. The summed E-state index contributed by atoms with van der Waals surface area (Å²) in [7, 11) is 0. The van der Waals surface area contributed by atoms with Gasteiger partial charge in [0, 0.05) is 18.5 Å². The minimum Gasteiger partial charge on any atom is -0.462 e. The molecule has 0 radical (unpaired) electrons.